The zero-order valence-electron chi connectivity index (χ0n) is 17.4. The van der Waals surface area contributed by atoms with Gasteiger partial charge in [0.2, 0.25) is 0 Å². The van der Waals surface area contributed by atoms with Crippen LogP contribution in [0.5, 0.6) is 0 Å². The van der Waals surface area contributed by atoms with Gasteiger partial charge in [0.1, 0.15) is 0 Å². The number of carbonyl (C=O) groups excluding carboxylic acids is 2. The van der Waals surface area contributed by atoms with Crippen LogP contribution in [0.1, 0.15) is 38.7 Å². The lowest BCUT2D eigenvalue weighted by molar-refractivity contribution is -0.130. The van der Waals surface area contributed by atoms with E-state index in [0.29, 0.717) is 17.7 Å². The summed E-state index contributed by atoms with van der Waals surface area (Å²) in [5, 5.41) is 10.9. The molecular formula is C26H23NO4. The zero-order chi connectivity index (χ0) is 22.0. The first-order chi connectivity index (χ1) is 15.0. The van der Waals surface area contributed by atoms with Crippen molar-refractivity contribution in [3.05, 3.63) is 112 Å². The predicted octanol–water partition coefficient (Wildman–Crippen LogP) is 4.83. The van der Waals surface area contributed by atoms with Crippen molar-refractivity contribution in [1.29, 1.82) is 0 Å². The Kier molecular flexibility index (Phi) is 5.58. The van der Waals surface area contributed by atoms with Crippen LogP contribution in [0.25, 0.3) is 5.57 Å². The number of carbonyl (C=O) groups is 2. The summed E-state index contributed by atoms with van der Waals surface area (Å²) in [7, 11) is 1.34. The maximum absolute atomic E-state index is 13.1. The maximum Gasteiger partial charge on any atom is 0.337 e. The van der Waals surface area contributed by atoms with Gasteiger partial charge in [0.05, 0.1) is 18.7 Å². The van der Waals surface area contributed by atoms with Gasteiger partial charge in [-0.1, -0.05) is 72.3 Å². The number of ether oxygens (including phenoxy) is 1. The van der Waals surface area contributed by atoms with Crippen molar-refractivity contribution in [2.75, 3.05) is 7.11 Å². The average molecular weight is 413 g/mol. The minimum Gasteiger partial charge on any atom is -0.503 e. The summed E-state index contributed by atoms with van der Waals surface area (Å²) in [6, 6.07) is 23.9. The highest BCUT2D eigenvalue weighted by Crippen LogP contribution is 2.43. The molecule has 4 rings (SSSR count). The monoisotopic (exact) mass is 413 g/mol. The molecule has 0 fully saturated rings. The third-order valence-electron chi connectivity index (χ3n) is 5.51. The van der Waals surface area contributed by atoms with E-state index >= 15 is 0 Å². The Morgan fingerprint density at radius 2 is 1.61 bits per heavy atom. The largest absolute Gasteiger partial charge is 0.503 e. The fourth-order valence-electron chi connectivity index (χ4n) is 3.89. The second-order valence-electron chi connectivity index (χ2n) is 7.56. The molecule has 0 bridgehead atoms. The van der Waals surface area contributed by atoms with E-state index in [-0.39, 0.29) is 5.76 Å². The second-order valence-corrected chi connectivity index (χ2v) is 7.56. The second kappa shape index (κ2) is 8.48. The molecule has 0 spiro atoms. The van der Waals surface area contributed by atoms with E-state index in [4.69, 9.17) is 4.74 Å². The fourth-order valence-corrected chi connectivity index (χ4v) is 3.89. The molecule has 5 heteroatoms. The Hall–Kier alpha value is -3.86. The zero-order valence-corrected chi connectivity index (χ0v) is 17.4. The van der Waals surface area contributed by atoms with Crippen LogP contribution in [0.15, 0.2) is 84.6 Å². The Morgan fingerprint density at radius 1 is 0.968 bits per heavy atom. The standard InChI is InChI=1S/C26H23NO4/c1-17-8-10-19(11-9-17)22-23(20-12-14-21(15-13-20)26(30)31-2)27(25(29)24(22)28)16-18-6-4-3-5-7-18/h3-15,23,28H,16H2,1-2H3/t23-/m1/s1. The Labute approximate surface area is 181 Å². The number of aliphatic hydroxyl groups excluding tert-OH is 1. The highest BCUT2D eigenvalue weighted by atomic mass is 16.5. The predicted molar refractivity (Wildman–Crippen MR) is 118 cm³/mol. The number of hydrogen-bond acceptors (Lipinski definition) is 4. The van der Waals surface area contributed by atoms with Gasteiger partial charge in [0.25, 0.3) is 5.91 Å². The quantitative estimate of drug-likeness (QED) is 0.608. The van der Waals surface area contributed by atoms with Crippen LogP contribution < -0.4 is 0 Å². The third kappa shape index (κ3) is 3.94. The molecule has 3 aromatic rings. The summed E-state index contributed by atoms with van der Waals surface area (Å²) in [6.45, 7) is 2.34. The molecule has 1 aliphatic rings. The van der Waals surface area contributed by atoms with Crippen molar-refractivity contribution in [2.45, 2.75) is 19.5 Å². The van der Waals surface area contributed by atoms with Crippen molar-refractivity contribution >= 4 is 17.4 Å². The molecule has 0 saturated carbocycles. The molecule has 0 saturated heterocycles. The minimum atomic E-state index is -0.484. The first kappa shape index (κ1) is 20.4. The lowest BCUT2D eigenvalue weighted by atomic mass is 9.92. The smallest absolute Gasteiger partial charge is 0.337 e. The van der Waals surface area contributed by atoms with Gasteiger partial charge in [-0.3, -0.25) is 4.79 Å². The van der Waals surface area contributed by atoms with E-state index < -0.39 is 17.9 Å². The normalized spacial score (nSPS) is 16.0. The van der Waals surface area contributed by atoms with Crippen LogP contribution in [0, 0.1) is 6.92 Å². The van der Waals surface area contributed by atoms with E-state index in [0.717, 1.165) is 22.3 Å². The molecule has 1 heterocycles. The minimum absolute atomic E-state index is 0.248. The number of rotatable bonds is 5. The summed E-state index contributed by atoms with van der Waals surface area (Å²) in [4.78, 5) is 26.6. The van der Waals surface area contributed by atoms with E-state index in [1.807, 2.05) is 61.5 Å². The molecule has 0 unspecified atom stereocenters. The molecular weight excluding hydrogens is 390 g/mol. The van der Waals surface area contributed by atoms with Gasteiger partial charge in [0, 0.05) is 12.1 Å². The van der Waals surface area contributed by atoms with E-state index in [9.17, 15) is 14.7 Å². The number of hydrogen-bond donors (Lipinski definition) is 1. The SMILES string of the molecule is COC(=O)c1ccc([C@@H]2C(c3ccc(C)cc3)=C(O)C(=O)N2Cc2ccccc2)cc1. The molecule has 1 N–H and O–H groups in total. The third-order valence-corrected chi connectivity index (χ3v) is 5.51. The summed E-state index contributed by atoms with van der Waals surface area (Å²) < 4.78 is 4.78. The summed E-state index contributed by atoms with van der Waals surface area (Å²) in [5.74, 6) is -1.09. The van der Waals surface area contributed by atoms with Gasteiger partial charge in [0.15, 0.2) is 5.76 Å². The average Bonchev–Trinajstić information content (AvgIpc) is 3.05. The Bertz CT molecular complexity index is 1130. The number of esters is 1. The van der Waals surface area contributed by atoms with Gasteiger partial charge in [-0.15, -0.1) is 0 Å². The molecule has 5 nitrogen and oxygen atoms in total. The van der Waals surface area contributed by atoms with Crippen molar-refractivity contribution in [3.63, 3.8) is 0 Å². The van der Waals surface area contributed by atoms with Crippen LogP contribution in [0.2, 0.25) is 0 Å². The maximum atomic E-state index is 13.1. The van der Waals surface area contributed by atoms with Gasteiger partial charge in [-0.25, -0.2) is 4.79 Å². The summed E-state index contributed by atoms with van der Waals surface area (Å²) in [6.07, 6.45) is 0. The van der Waals surface area contributed by atoms with Crippen LogP contribution in [-0.4, -0.2) is 29.0 Å². The van der Waals surface area contributed by atoms with Gasteiger partial charge in [-0.05, 0) is 35.7 Å². The Balaban J connectivity index is 1.79. The van der Waals surface area contributed by atoms with Crippen LogP contribution >= 0.6 is 0 Å². The van der Waals surface area contributed by atoms with Crippen LogP contribution in [0.4, 0.5) is 0 Å². The highest BCUT2D eigenvalue weighted by Gasteiger charge is 2.41. The first-order valence-corrected chi connectivity index (χ1v) is 10.0. The van der Waals surface area contributed by atoms with Crippen LogP contribution in [0.3, 0.4) is 0 Å². The molecule has 0 aromatic heterocycles. The van der Waals surface area contributed by atoms with Crippen molar-refractivity contribution in [2.24, 2.45) is 0 Å². The van der Waals surface area contributed by atoms with Crippen molar-refractivity contribution < 1.29 is 19.4 Å². The molecule has 1 aliphatic heterocycles. The summed E-state index contributed by atoms with van der Waals surface area (Å²) in [5.41, 5.74) is 4.63. The highest BCUT2D eigenvalue weighted by molar-refractivity contribution is 6.05. The van der Waals surface area contributed by atoms with E-state index in [1.54, 1.807) is 29.2 Å². The van der Waals surface area contributed by atoms with Crippen molar-refractivity contribution in [1.82, 2.24) is 4.90 Å². The molecule has 156 valence electrons. The summed E-state index contributed by atoms with van der Waals surface area (Å²) >= 11 is 0. The fraction of sp³-hybridized carbons (Fsp3) is 0.154. The van der Waals surface area contributed by atoms with Gasteiger partial charge < -0.3 is 14.7 Å². The lowest BCUT2D eigenvalue weighted by Gasteiger charge is -2.27. The van der Waals surface area contributed by atoms with Gasteiger partial charge >= 0.3 is 5.97 Å². The molecule has 0 aliphatic carbocycles. The molecule has 0 radical (unpaired) electrons. The number of benzene rings is 3. The van der Waals surface area contributed by atoms with Crippen molar-refractivity contribution in [3.8, 4) is 0 Å². The van der Waals surface area contributed by atoms with Crippen LogP contribution in [-0.2, 0) is 16.1 Å². The van der Waals surface area contributed by atoms with E-state index in [1.165, 1.54) is 7.11 Å². The number of nitrogens with zero attached hydrogens (tertiary/aromatic N) is 1. The number of amides is 1. The molecule has 1 atom stereocenters. The molecule has 1 amide bonds. The Morgan fingerprint density at radius 3 is 2.23 bits per heavy atom. The number of aliphatic hydroxyl groups is 1. The molecule has 31 heavy (non-hydrogen) atoms. The topological polar surface area (TPSA) is 66.8 Å². The lowest BCUT2D eigenvalue weighted by Crippen LogP contribution is -2.29. The number of methoxy groups -OCH3 is 1. The molecule has 3 aromatic carbocycles. The number of aryl methyl sites for hydroxylation is 1. The van der Waals surface area contributed by atoms with E-state index in [2.05, 4.69) is 0 Å². The first-order valence-electron chi connectivity index (χ1n) is 10.0. The van der Waals surface area contributed by atoms with Gasteiger partial charge in [-0.2, -0.15) is 0 Å².